The van der Waals surface area contributed by atoms with E-state index < -0.39 is 0 Å². The van der Waals surface area contributed by atoms with Gasteiger partial charge in [0.05, 0.1) is 16.8 Å². The van der Waals surface area contributed by atoms with Gasteiger partial charge < -0.3 is 15.1 Å². The van der Waals surface area contributed by atoms with Crippen molar-refractivity contribution in [1.29, 1.82) is 0 Å². The quantitative estimate of drug-likeness (QED) is 0.944. The number of carbonyl (C=O) groups is 1. The zero-order valence-electron chi connectivity index (χ0n) is 12.0. The normalized spacial score (nSPS) is 16.0. The monoisotopic (exact) mass is 302 g/mol. The lowest BCUT2D eigenvalue weighted by molar-refractivity contribution is 0.103. The van der Waals surface area contributed by atoms with Gasteiger partial charge in [0.1, 0.15) is 5.82 Å². The molecule has 3 heterocycles. The number of pyridine rings is 1. The molecule has 1 aliphatic rings. The van der Waals surface area contributed by atoms with Crippen LogP contribution in [0.2, 0.25) is 0 Å². The van der Waals surface area contributed by atoms with Crippen LogP contribution in [0, 0.1) is 0 Å². The highest BCUT2D eigenvalue weighted by Gasteiger charge is 2.15. The van der Waals surface area contributed by atoms with Crippen LogP contribution in [0.15, 0.2) is 35.8 Å². The zero-order valence-corrected chi connectivity index (χ0v) is 12.8. The average molecular weight is 302 g/mol. The van der Waals surface area contributed by atoms with Gasteiger partial charge in [0.15, 0.2) is 0 Å². The smallest absolute Gasteiger partial charge is 0.265 e. The Morgan fingerprint density at radius 2 is 2.05 bits per heavy atom. The third kappa shape index (κ3) is 3.40. The van der Waals surface area contributed by atoms with Crippen LogP contribution >= 0.6 is 11.3 Å². The predicted octanol–water partition coefficient (Wildman–Crippen LogP) is 2.15. The summed E-state index contributed by atoms with van der Waals surface area (Å²) in [6.45, 7) is 4.09. The van der Waals surface area contributed by atoms with E-state index in [4.69, 9.17) is 0 Å². The number of rotatable bonds is 3. The van der Waals surface area contributed by atoms with E-state index in [9.17, 15) is 4.79 Å². The zero-order chi connectivity index (χ0) is 14.7. The first kappa shape index (κ1) is 14.0. The maximum atomic E-state index is 12.0. The maximum absolute atomic E-state index is 12.0. The van der Waals surface area contributed by atoms with E-state index in [0.29, 0.717) is 4.88 Å². The van der Waals surface area contributed by atoms with Crippen molar-refractivity contribution in [1.82, 2.24) is 9.88 Å². The van der Waals surface area contributed by atoms with Crippen LogP contribution in [-0.4, -0.2) is 49.0 Å². The van der Waals surface area contributed by atoms with Crippen LogP contribution in [0.25, 0.3) is 0 Å². The highest BCUT2D eigenvalue weighted by Crippen LogP contribution is 2.17. The van der Waals surface area contributed by atoms with Crippen molar-refractivity contribution in [3.63, 3.8) is 0 Å². The summed E-state index contributed by atoms with van der Waals surface area (Å²) in [5.41, 5.74) is 0.728. The Balaban J connectivity index is 1.63. The molecule has 0 spiro atoms. The molecule has 1 fully saturated rings. The van der Waals surface area contributed by atoms with E-state index >= 15 is 0 Å². The number of anilines is 2. The van der Waals surface area contributed by atoms with Gasteiger partial charge in [-0.05, 0) is 30.6 Å². The highest BCUT2D eigenvalue weighted by molar-refractivity contribution is 7.12. The molecule has 1 amide bonds. The molecule has 5 nitrogen and oxygen atoms in total. The topological polar surface area (TPSA) is 48.5 Å². The van der Waals surface area contributed by atoms with E-state index in [1.165, 1.54) is 11.3 Å². The van der Waals surface area contributed by atoms with Gasteiger partial charge in [-0.25, -0.2) is 4.98 Å². The second kappa shape index (κ2) is 6.24. The predicted molar refractivity (Wildman–Crippen MR) is 86.2 cm³/mol. The molecule has 110 valence electrons. The SMILES string of the molecule is CN1CCN(c2ccc(NC(=O)c3cccs3)cn2)CC1. The standard InChI is InChI=1S/C15H18N4OS/c1-18-6-8-19(9-7-18)14-5-4-12(11-16-14)17-15(20)13-3-2-10-21-13/h2-5,10-11H,6-9H2,1H3,(H,17,20). The Kier molecular flexibility index (Phi) is 4.17. The van der Waals surface area contributed by atoms with E-state index in [2.05, 4.69) is 27.1 Å². The number of nitrogens with zero attached hydrogens (tertiary/aromatic N) is 3. The summed E-state index contributed by atoms with van der Waals surface area (Å²) >= 11 is 1.43. The van der Waals surface area contributed by atoms with Crippen molar-refractivity contribution in [3.05, 3.63) is 40.7 Å². The molecule has 1 N–H and O–H groups in total. The number of nitrogens with one attached hydrogen (secondary N) is 1. The van der Waals surface area contributed by atoms with Gasteiger partial charge in [-0.15, -0.1) is 11.3 Å². The Morgan fingerprint density at radius 3 is 2.67 bits per heavy atom. The average Bonchev–Trinajstić information content (AvgIpc) is 3.03. The fourth-order valence-electron chi connectivity index (χ4n) is 2.28. The molecule has 2 aromatic heterocycles. The van der Waals surface area contributed by atoms with Crippen LogP contribution in [0.5, 0.6) is 0 Å². The molecule has 1 aliphatic heterocycles. The Morgan fingerprint density at radius 1 is 1.24 bits per heavy atom. The largest absolute Gasteiger partial charge is 0.354 e. The molecule has 0 bridgehead atoms. The van der Waals surface area contributed by atoms with E-state index in [1.807, 2.05) is 29.6 Å². The second-order valence-electron chi connectivity index (χ2n) is 5.13. The summed E-state index contributed by atoms with van der Waals surface area (Å²) in [6, 6.07) is 7.56. The third-order valence-electron chi connectivity index (χ3n) is 3.58. The fourth-order valence-corrected chi connectivity index (χ4v) is 2.90. The number of hydrogen-bond donors (Lipinski definition) is 1. The lowest BCUT2D eigenvalue weighted by Gasteiger charge is -2.33. The van der Waals surface area contributed by atoms with Crippen molar-refractivity contribution >= 4 is 28.7 Å². The minimum Gasteiger partial charge on any atom is -0.354 e. The van der Waals surface area contributed by atoms with Crippen LogP contribution in [0.4, 0.5) is 11.5 Å². The number of amides is 1. The summed E-state index contributed by atoms with van der Waals surface area (Å²) in [7, 11) is 2.13. The van der Waals surface area contributed by atoms with E-state index in [0.717, 1.165) is 37.7 Å². The van der Waals surface area contributed by atoms with Crippen LogP contribution in [0.1, 0.15) is 9.67 Å². The van der Waals surface area contributed by atoms with Gasteiger partial charge in [-0.1, -0.05) is 6.07 Å². The maximum Gasteiger partial charge on any atom is 0.265 e. The van der Waals surface area contributed by atoms with Crippen LogP contribution < -0.4 is 10.2 Å². The molecule has 0 radical (unpaired) electrons. The first-order chi connectivity index (χ1) is 10.2. The molecular weight excluding hydrogens is 284 g/mol. The minimum absolute atomic E-state index is 0.0841. The molecule has 3 rings (SSSR count). The van der Waals surface area contributed by atoms with Crippen molar-refractivity contribution in [2.24, 2.45) is 0 Å². The van der Waals surface area contributed by atoms with Crippen molar-refractivity contribution in [2.45, 2.75) is 0 Å². The Bertz CT molecular complexity index is 589. The van der Waals surface area contributed by atoms with E-state index in [-0.39, 0.29) is 5.91 Å². The summed E-state index contributed by atoms with van der Waals surface area (Å²) < 4.78 is 0. The summed E-state index contributed by atoms with van der Waals surface area (Å²) in [5.74, 6) is 0.886. The first-order valence-corrected chi connectivity index (χ1v) is 7.85. The van der Waals surface area contributed by atoms with Crippen molar-refractivity contribution < 1.29 is 4.79 Å². The van der Waals surface area contributed by atoms with Gasteiger partial charge in [-0.3, -0.25) is 4.79 Å². The number of aromatic nitrogens is 1. The summed E-state index contributed by atoms with van der Waals surface area (Å²) in [5, 5.41) is 4.76. The van der Waals surface area contributed by atoms with Crippen LogP contribution in [-0.2, 0) is 0 Å². The van der Waals surface area contributed by atoms with Gasteiger partial charge in [0.25, 0.3) is 5.91 Å². The number of likely N-dealkylation sites (N-methyl/N-ethyl adjacent to an activating group) is 1. The molecule has 0 unspecified atom stereocenters. The second-order valence-corrected chi connectivity index (χ2v) is 6.07. The molecule has 0 atom stereocenters. The molecule has 0 aliphatic carbocycles. The molecule has 2 aromatic rings. The molecule has 0 aromatic carbocycles. The Labute approximate surface area is 128 Å². The van der Waals surface area contributed by atoms with Gasteiger partial charge in [0.2, 0.25) is 0 Å². The first-order valence-electron chi connectivity index (χ1n) is 6.97. The molecule has 0 saturated carbocycles. The summed E-state index contributed by atoms with van der Waals surface area (Å²) in [6.07, 6.45) is 1.72. The van der Waals surface area contributed by atoms with Crippen molar-refractivity contribution in [3.8, 4) is 0 Å². The minimum atomic E-state index is -0.0841. The van der Waals surface area contributed by atoms with Gasteiger partial charge in [-0.2, -0.15) is 0 Å². The Hall–Kier alpha value is -1.92. The molecule has 1 saturated heterocycles. The van der Waals surface area contributed by atoms with E-state index in [1.54, 1.807) is 6.20 Å². The molecular formula is C15H18N4OS. The van der Waals surface area contributed by atoms with Crippen LogP contribution in [0.3, 0.4) is 0 Å². The summed E-state index contributed by atoms with van der Waals surface area (Å²) in [4.78, 5) is 21.7. The molecule has 6 heteroatoms. The van der Waals surface area contributed by atoms with Crippen molar-refractivity contribution in [2.75, 3.05) is 43.4 Å². The number of hydrogen-bond acceptors (Lipinski definition) is 5. The number of piperazine rings is 1. The lowest BCUT2D eigenvalue weighted by atomic mass is 10.3. The van der Waals surface area contributed by atoms with Gasteiger partial charge >= 0.3 is 0 Å². The fraction of sp³-hybridized carbons (Fsp3) is 0.333. The molecule has 21 heavy (non-hydrogen) atoms. The highest BCUT2D eigenvalue weighted by atomic mass is 32.1. The number of carbonyl (C=O) groups excluding carboxylic acids is 1. The number of thiophene rings is 1. The lowest BCUT2D eigenvalue weighted by Crippen LogP contribution is -2.44. The van der Waals surface area contributed by atoms with Gasteiger partial charge in [0, 0.05) is 26.2 Å². The third-order valence-corrected chi connectivity index (χ3v) is 4.45.